The van der Waals surface area contributed by atoms with Crippen LogP contribution in [0.5, 0.6) is 0 Å². The lowest BCUT2D eigenvalue weighted by atomic mass is 10.3. The Morgan fingerprint density at radius 3 is 2.76 bits per heavy atom. The van der Waals surface area contributed by atoms with Crippen LogP contribution in [-0.2, 0) is 4.79 Å². The Hall–Kier alpha value is -1.66. The number of benzene rings is 2. The minimum Gasteiger partial charge on any atom is -0.324 e. The smallest absolute Gasteiger partial charge is 0.238 e. The zero-order chi connectivity index (χ0) is 18.0. The molecule has 1 heterocycles. The van der Waals surface area contributed by atoms with E-state index in [9.17, 15) is 4.79 Å². The fraction of sp³-hybridized carbons (Fsp3) is 0.222. The van der Waals surface area contributed by atoms with E-state index in [1.807, 2.05) is 37.1 Å². The van der Waals surface area contributed by atoms with E-state index in [0.717, 1.165) is 15.2 Å². The molecule has 2 aromatic carbocycles. The first-order valence-corrected chi connectivity index (χ1v) is 9.32. The maximum Gasteiger partial charge on any atom is 0.238 e. The quantitative estimate of drug-likeness (QED) is 0.644. The van der Waals surface area contributed by atoms with Crippen molar-refractivity contribution in [2.75, 3.05) is 18.9 Å². The summed E-state index contributed by atoms with van der Waals surface area (Å²) in [5.74, 6) is -0.153. The zero-order valence-electron chi connectivity index (χ0n) is 13.8. The molecule has 1 amide bonds. The molecular formula is C18H17Cl2N3OS. The number of hydrogen-bond acceptors (Lipinski definition) is 4. The number of carbonyl (C=O) groups excluding carboxylic acids is 1. The topological polar surface area (TPSA) is 45.2 Å². The van der Waals surface area contributed by atoms with Crippen LogP contribution in [0.4, 0.5) is 5.69 Å². The van der Waals surface area contributed by atoms with Crippen molar-refractivity contribution >= 4 is 56.3 Å². The molecule has 0 fully saturated rings. The maximum absolute atomic E-state index is 12.3. The highest BCUT2D eigenvalue weighted by Gasteiger charge is 2.19. The molecule has 1 N–H and O–H groups in total. The molecule has 0 bridgehead atoms. The fourth-order valence-corrected chi connectivity index (χ4v) is 3.84. The molecular weight excluding hydrogens is 377 g/mol. The van der Waals surface area contributed by atoms with E-state index in [1.165, 1.54) is 0 Å². The van der Waals surface area contributed by atoms with Crippen LogP contribution >= 0.6 is 34.5 Å². The highest BCUT2D eigenvalue weighted by atomic mass is 35.5. The molecule has 3 rings (SSSR count). The van der Waals surface area contributed by atoms with Crippen LogP contribution in [0.1, 0.15) is 18.0 Å². The summed E-state index contributed by atoms with van der Waals surface area (Å²) in [7, 11) is 1.90. The molecule has 0 aliphatic rings. The molecule has 1 atom stereocenters. The zero-order valence-corrected chi connectivity index (χ0v) is 16.1. The molecule has 7 heteroatoms. The number of halogens is 2. The Labute approximate surface area is 160 Å². The number of hydrogen-bond donors (Lipinski definition) is 1. The number of rotatable bonds is 5. The Morgan fingerprint density at radius 1 is 1.24 bits per heavy atom. The largest absolute Gasteiger partial charge is 0.324 e. The van der Waals surface area contributed by atoms with Crippen molar-refractivity contribution in [1.29, 1.82) is 0 Å². The van der Waals surface area contributed by atoms with Crippen LogP contribution in [-0.4, -0.2) is 29.4 Å². The first kappa shape index (κ1) is 18.1. The Kier molecular flexibility index (Phi) is 5.59. The number of aromatic nitrogens is 1. The van der Waals surface area contributed by atoms with E-state index >= 15 is 0 Å². The Balaban J connectivity index is 1.67. The van der Waals surface area contributed by atoms with Gasteiger partial charge in [0.05, 0.1) is 38.5 Å². The van der Waals surface area contributed by atoms with Crippen LogP contribution in [0.15, 0.2) is 42.5 Å². The molecule has 0 unspecified atom stereocenters. The monoisotopic (exact) mass is 393 g/mol. The average Bonchev–Trinajstić information content (AvgIpc) is 3.02. The number of anilines is 1. The van der Waals surface area contributed by atoms with Crippen molar-refractivity contribution in [3.05, 3.63) is 57.5 Å². The van der Waals surface area contributed by atoms with Gasteiger partial charge in [0.25, 0.3) is 0 Å². The molecule has 0 spiro atoms. The number of amides is 1. The van der Waals surface area contributed by atoms with E-state index < -0.39 is 0 Å². The summed E-state index contributed by atoms with van der Waals surface area (Å²) in [4.78, 5) is 18.9. The van der Waals surface area contributed by atoms with Crippen LogP contribution in [0.2, 0.25) is 10.0 Å². The number of carbonyl (C=O) groups is 1. The summed E-state index contributed by atoms with van der Waals surface area (Å²) < 4.78 is 1.15. The third-order valence-corrected chi connectivity index (χ3v) is 5.97. The lowest BCUT2D eigenvalue weighted by Gasteiger charge is -2.22. The maximum atomic E-state index is 12.3. The first-order chi connectivity index (χ1) is 12.0. The number of nitrogens with zero attached hydrogens (tertiary/aromatic N) is 2. The standard InChI is InChI=1S/C18H17Cl2N3OS/c1-11(18-22-13-7-3-4-9-15(13)25-18)23(2)10-16(24)21-14-8-5-6-12(19)17(14)20/h3-9,11H,10H2,1-2H3,(H,21,24)/t11-/m0/s1. The third-order valence-electron chi connectivity index (χ3n) is 3.95. The van der Waals surface area contributed by atoms with Gasteiger partial charge in [-0.1, -0.05) is 41.4 Å². The second-order valence-electron chi connectivity index (χ2n) is 5.76. The second-order valence-corrected chi connectivity index (χ2v) is 7.61. The molecule has 25 heavy (non-hydrogen) atoms. The summed E-state index contributed by atoms with van der Waals surface area (Å²) in [6.07, 6.45) is 0. The molecule has 1 aromatic heterocycles. The van der Waals surface area contributed by atoms with Crippen molar-refractivity contribution in [3.63, 3.8) is 0 Å². The summed E-state index contributed by atoms with van der Waals surface area (Å²) >= 11 is 13.7. The van der Waals surface area contributed by atoms with E-state index in [2.05, 4.69) is 16.4 Å². The summed E-state index contributed by atoms with van der Waals surface area (Å²) in [5, 5.41) is 4.54. The molecule has 0 saturated carbocycles. The highest BCUT2D eigenvalue weighted by molar-refractivity contribution is 7.18. The Bertz CT molecular complexity index is 879. The van der Waals surface area contributed by atoms with Crippen molar-refractivity contribution in [2.45, 2.75) is 13.0 Å². The minimum absolute atomic E-state index is 0.0259. The van der Waals surface area contributed by atoms with Gasteiger partial charge < -0.3 is 5.32 Å². The summed E-state index contributed by atoms with van der Waals surface area (Å²) in [6, 6.07) is 13.2. The van der Waals surface area contributed by atoms with Gasteiger partial charge in [-0.25, -0.2) is 4.98 Å². The van der Waals surface area contributed by atoms with Gasteiger partial charge in [-0.3, -0.25) is 9.69 Å². The van der Waals surface area contributed by atoms with Gasteiger partial charge in [0.15, 0.2) is 0 Å². The van der Waals surface area contributed by atoms with Gasteiger partial charge in [0.1, 0.15) is 5.01 Å². The fourth-order valence-electron chi connectivity index (χ4n) is 2.41. The van der Waals surface area contributed by atoms with Crippen LogP contribution in [0.3, 0.4) is 0 Å². The van der Waals surface area contributed by atoms with Gasteiger partial charge in [0.2, 0.25) is 5.91 Å². The van der Waals surface area contributed by atoms with Crippen molar-refractivity contribution < 1.29 is 4.79 Å². The van der Waals surface area contributed by atoms with E-state index in [-0.39, 0.29) is 18.5 Å². The number of likely N-dealkylation sites (N-methyl/N-ethyl adjacent to an activating group) is 1. The number of fused-ring (bicyclic) bond motifs is 1. The normalized spacial score (nSPS) is 12.5. The van der Waals surface area contributed by atoms with Gasteiger partial charge in [0, 0.05) is 0 Å². The van der Waals surface area contributed by atoms with Gasteiger partial charge in [-0.15, -0.1) is 11.3 Å². The molecule has 0 aliphatic carbocycles. The first-order valence-electron chi connectivity index (χ1n) is 7.75. The van der Waals surface area contributed by atoms with E-state index in [0.29, 0.717) is 15.7 Å². The third kappa shape index (κ3) is 4.12. The van der Waals surface area contributed by atoms with Crippen molar-refractivity contribution in [2.24, 2.45) is 0 Å². The molecule has 0 radical (unpaired) electrons. The molecule has 130 valence electrons. The van der Waals surface area contributed by atoms with E-state index in [4.69, 9.17) is 23.2 Å². The minimum atomic E-state index is -0.153. The molecule has 3 aromatic rings. The number of nitrogens with one attached hydrogen (secondary N) is 1. The van der Waals surface area contributed by atoms with Crippen LogP contribution in [0, 0.1) is 0 Å². The lowest BCUT2D eigenvalue weighted by molar-refractivity contribution is -0.117. The van der Waals surface area contributed by atoms with Crippen LogP contribution < -0.4 is 5.32 Å². The lowest BCUT2D eigenvalue weighted by Crippen LogP contribution is -2.32. The highest BCUT2D eigenvalue weighted by Crippen LogP contribution is 2.30. The van der Waals surface area contributed by atoms with Crippen molar-refractivity contribution in [1.82, 2.24) is 9.88 Å². The number of para-hydroxylation sites is 1. The molecule has 0 aliphatic heterocycles. The molecule has 0 saturated heterocycles. The van der Waals surface area contributed by atoms with Gasteiger partial charge >= 0.3 is 0 Å². The SMILES string of the molecule is C[C@@H](c1nc2ccccc2s1)N(C)CC(=O)Nc1cccc(Cl)c1Cl. The summed E-state index contributed by atoms with van der Waals surface area (Å²) in [6.45, 7) is 2.26. The van der Waals surface area contributed by atoms with E-state index in [1.54, 1.807) is 29.5 Å². The van der Waals surface area contributed by atoms with Gasteiger partial charge in [-0.2, -0.15) is 0 Å². The van der Waals surface area contributed by atoms with Crippen LogP contribution in [0.25, 0.3) is 10.2 Å². The number of thiazole rings is 1. The average molecular weight is 394 g/mol. The van der Waals surface area contributed by atoms with Crippen molar-refractivity contribution in [3.8, 4) is 0 Å². The Morgan fingerprint density at radius 2 is 2.00 bits per heavy atom. The second kappa shape index (κ2) is 7.70. The molecule has 4 nitrogen and oxygen atoms in total. The summed E-state index contributed by atoms with van der Waals surface area (Å²) in [5.41, 5.74) is 1.50. The predicted molar refractivity (Wildman–Crippen MR) is 106 cm³/mol. The van der Waals surface area contributed by atoms with Gasteiger partial charge in [-0.05, 0) is 38.2 Å². The predicted octanol–water partition coefficient (Wildman–Crippen LogP) is 5.23.